The molecule has 0 radical (unpaired) electrons. The van der Waals surface area contributed by atoms with Crippen LogP contribution in [0.4, 0.5) is 19.0 Å². The van der Waals surface area contributed by atoms with Gasteiger partial charge >= 0.3 is 6.18 Å². The van der Waals surface area contributed by atoms with Crippen molar-refractivity contribution in [1.82, 2.24) is 25.3 Å². The summed E-state index contributed by atoms with van der Waals surface area (Å²) in [5, 5.41) is 4.89. The Morgan fingerprint density at radius 1 is 1.11 bits per heavy atom. The van der Waals surface area contributed by atoms with Crippen molar-refractivity contribution in [2.24, 2.45) is 5.73 Å². The number of amides is 2. The van der Waals surface area contributed by atoms with Crippen LogP contribution in [0.15, 0.2) is 30.9 Å². The fraction of sp³-hybridized carbons (Fsp3) is 0.333. The number of carbonyl (C=O) groups excluding carboxylic acids is 2. The summed E-state index contributed by atoms with van der Waals surface area (Å²) in [6, 6.07) is 1.69. The Morgan fingerprint density at radius 2 is 1.89 bits per heavy atom. The maximum absolute atomic E-state index is 13.0. The second-order valence-corrected chi connectivity index (χ2v) is 8.87. The van der Waals surface area contributed by atoms with E-state index in [1.54, 1.807) is 13.0 Å². The lowest BCUT2D eigenvalue weighted by Crippen LogP contribution is -2.27. The molecule has 0 fully saturated rings. The molecule has 2 amide bonds. The lowest BCUT2D eigenvalue weighted by atomic mass is 10.1. The molecule has 4 N–H and O–H groups in total. The predicted molar refractivity (Wildman–Crippen MR) is 124 cm³/mol. The number of pyridine rings is 1. The van der Waals surface area contributed by atoms with Gasteiger partial charge in [0, 0.05) is 11.9 Å². The van der Waals surface area contributed by atoms with Gasteiger partial charge in [-0.05, 0) is 44.9 Å². The van der Waals surface area contributed by atoms with Crippen LogP contribution in [0.1, 0.15) is 62.2 Å². The van der Waals surface area contributed by atoms with E-state index in [0.717, 1.165) is 36.1 Å². The Hall–Kier alpha value is -3.16. The third-order valence-electron chi connectivity index (χ3n) is 4.71. The molecule has 35 heavy (non-hydrogen) atoms. The molecule has 1 unspecified atom stereocenters. The topological polar surface area (TPSA) is 136 Å². The number of hydrogen-bond donors (Lipinski definition) is 3. The first kappa shape index (κ1) is 26.4. The molecule has 0 bridgehead atoms. The molecule has 3 aromatic rings. The molecule has 0 aliphatic carbocycles. The van der Waals surface area contributed by atoms with E-state index in [9.17, 15) is 22.8 Å². The molecular formula is C21H21ClF3N7O2S. The second-order valence-electron chi connectivity index (χ2n) is 7.40. The minimum atomic E-state index is -4.69. The fourth-order valence-electron chi connectivity index (χ4n) is 2.94. The Labute approximate surface area is 207 Å². The van der Waals surface area contributed by atoms with Gasteiger partial charge in [-0.15, -0.1) is 11.3 Å². The van der Waals surface area contributed by atoms with Crippen molar-refractivity contribution in [3.05, 3.63) is 62.7 Å². The number of unbranched alkanes of at least 4 members (excludes halogenated alkanes) is 1. The molecule has 3 rings (SSSR count). The Bertz CT molecular complexity index is 1210. The zero-order valence-electron chi connectivity index (χ0n) is 18.4. The van der Waals surface area contributed by atoms with Gasteiger partial charge in [0.05, 0.1) is 22.8 Å². The molecule has 0 aliphatic heterocycles. The van der Waals surface area contributed by atoms with E-state index in [4.69, 9.17) is 17.3 Å². The van der Waals surface area contributed by atoms with Crippen molar-refractivity contribution in [2.75, 3.05) is 11.9 Å². The molecule has 0 spiro atoms. The zero-order valence-corrected chi connectivity index (χ0v) is 20.0. The predicted octanol–water partition coefficient (Wildman–Crippen LogP) is 4.03. The average molecular weight is 528 g/mol. The molecule has 14 heteroatoms. The largest absolute Gasteiger partial charge is 0.418 e. The summed E-state index contributed by atoms with van der Waals surface area (Å²) in [7, 11) is 0. The van der Waals surface area contributed by atoms with E-state index < -0.39 is 34.6 Å². The normalized spacial score (nSPS) is 12.3. The van der Waals surface area contributed by atoms with Gasteiger partial charge in [-0.2, -0.15) is 13.2 Å². The molecule has 0 saturated heterocycles. The van der Waals surface area contributed by atoms with Crippen molar-refractivity contribution >= 4 is 40.6 Å². The summed E-state index contributed by atoms with van der Waals surface area (Å²) in [4.78, 5) is 41.2. The van der Waals surface area contributed by atoms with Gasteiger partial charge in [-0.25, -0.2) is 19.9 Å². The van der Waals surface area contributed by atoms with Crippen LogP contribution in [-0.2, 0) is 12.6 Å². The monoisotopic (exact) mass is 527 g/mol. The van der Waals surface area contributed by atoms with Gasteiger partial charge in [0.1, 0.15) is 27.7 Å². The molecule has 3 aromatic heterocycles. The van der Waals surface area contributed by atoms with Gasteiger partial charge in [-0.1, -0.05) is 11.6 Å². The van der Waals surface area contributed by atoms with Crippen molar-refractivity contribution in [3.8, 4) is 0 Å². The average Bonchev–Trinajstić information content (AvgIpc) is 3.31. The number of nitrogens with one attached hydrogen (secondary N) is 2. The van der Waals surface area contributed by atoms with Gasteiger partial charge < -0.3 is 16.4 Å². The number of anilines is 1. The van der Waals surface area contributed by atoms with Crippen molar-refractivity contribution in [2.45, 2.75) is 38.4 Å². The summed E-state index contributed by atoms with van der Waals surface area (Å²) >= 11 is 6.52. The zero-order chi connectivity index (χ0) is 25.6. The highest BCUT2D eigenvalue weighted by molar-refractivity contribution is 7.13. The van der Waals surface area contributed by atoms with Crippen molar-refractivity contribution in [1.29, 1.82) is 0 Å². The number of alkyl halides is 3. The minimum Gasteiger partial charge on any atom is -0.342 e. The lowest BCUT2D eigenvalue weighted by molar-refractivity contribution is -0.137. The molecule has 186 valence electrons. The molecule has 1 atom stereocenters. The molecule has 0 saturated carbocycles. The number of thiazole rings is 1. The maximum atomic E-state index is 13.0. The van der Waals surface area contributed by atoms with E-state index in [1.807, 2.05) is 0 Å². The van der Waals surface area contributed by atoms with Crippen LogP contribution in [0, 0.1) is 0 Å². The first-order valence-corrected chi connectivity index (χ1v) is 11.6. The lowest BCUT2D eigenvalue weighted by Gasteiger charge is -2.11. The van der Waals surface area contributed by atoms with Crippen molar-refractivity contribution < 1.29 is 22.8 Å². The third kappa shape index (κ3) is 7.16. The Balaban J connectivity index is 1.63. The van der Waals surface area contributed by atoms with Crippen LogP contribution in [0.2, 0.25) is 5.02 Å². The van der Waals surface area contributed by atoms with E-state index >= 15 is 0 Å². The van der Waals surface area contributed by atoms with Crippen molar-refractivity contribution in [3.63, 3.8) is 0 Å². The smallest absolute Gasteiger partial charge is 0.342 e. The van der Waals surface area contributed by atoms with Crippen LogP contribution in [-0.4, -0.2) is 38.3 Å². The summed E-state index contributed by atoms with van der Waals surface area (Å²) < 4.78 is 39.1. The number of hydrogen-bond acceptors (Lipinski definition) is 8. The first-order valence-electron chi connectivity index (χ1n) is 10.4. The number of nitrogens with zero attached hydrogens (tertiary/aromatic N) is 4. The number of aromatic nitrogens is 4. The van der Waals surface area contributed by atoms with Crippen LogP contribution in [0.3, 0.4) is 0 Å². The summed E-state index contributed by atoms with van der Waals surface area (Å²) in [5.41, 5.74) is 5.30. The molecule has 0 aliphatic rings. The fourth-order valence-corrected chi connectivity index (χ4v) is 3.96. The summed E-state index contributed by atoms with van der Waals surface area (Å²) in [6.45, 7) is 2.26. The minimum absolute atomic E-state index is 0.121. The summed E-state index contributed by atoms with van der Waals surface area (Å²) in [6.07, 6.45) is 1.06. The van der Waals surface area contributed by atoms with Gasteiger partial charge in [0.15, 0.2) is 0 Å². The molecular weight excluding hydrogens is 507 g/mol. The highest BCUT2D eigenvalue weighted by Gasteiger charge is 2.34. The van der Waals surface area contributed by atoms with E-state index in [2.05, 4.69) is 30.6 Å². The Kier molecular flexibility index (Phi) is 8.70. The first-order chi connectivity index (χ1) is 16.6. The third-order valence-corrected chi connectivity index (χ3v) is 6.19. The standard InChI is InChI=1S/C21H21ClF3N7O2S/c1-11(31-18(33)15-6-12(29-10-30-15)4-2-3-5-26)20-28-9-16(35-20)19(34)32-17-7-13(21(23,24)25)14(22)8-27-17/h6-11H,2-5,26H2,1H3,(H,31,33)(H,27,32,34). The van der Waals surface area contributed by atoms with E-state index in [-0.39, 0.29) is 16.4 Å². The molecule has 9 nitrogen and oxygen atoms in total. The highest BCUT2D eigenvalue weighted by Crippen LogP contribution is 2.35. The van der Waals surface area contributed by atoms with E-state index in [0.29, 0.717) is 24.0 Å². The number of rotatable bonds is 9. The van der Waals surface area contributed by atoms with E-state index in [1.165, 1.54) is 12.5 Å². The maximum Gasteiger partial charge on any atom is 0.418 e. The number of carbonyl (C=O) groups is 2. The second kappa shape index (κ2) is 11.5. The van der Waals surface area contributed by atoms with Crippen LogP contribution in [0.25, 0.3) is 0 Å². The van der Waals surface area contributed by atoms with Gasteiger partial charge in [0.25, 0.3) is 11.8 Å². The van der Waals surface area contributed by atoms with Gasteiger partial charge in [-0.3, -0.25) is 9.59 Å². The number of nitrogens with two attached hydrogens (primary N) is 1. The quantitative estimate of drug-likeness (QED) is 0.357. The Morgan fingerprint density at radius 3 is 2.60 bits per heavy atom. The number of halogens is 4. The van der Waals surface area contributed by atoms with Crippen LogP contribution < -0.4 is 16.4 Å². The van der Waals surface area contributed by atoms with Crippen LogP contribution in [0.5, 0.6) is 0 Å². The molecule has 3 heterocycles. The van der Waals surface area contributed by atoms with Gasteiger partial charge in [0.2, 0.25) is 0 Å². The number of aryl methyl sites for hydroxylation is 1. The SMILES string of the molecule is CC(NC(=O)c1cc(CCCCN)ncn1)c1ncc(C(=O)Nc2cc(C(F)(F)F)c(Cl)cn2)s1. The molecule has 0 aromatic carbocycles. The van der Waals surface area contributed by atoms with Crippen LogP contribution >= 0.6 is 22.9 Å². The highest BCUT2D eigenvalue weighted by atomic mass is 35.5. The summed E-state index contributed by atoms with van der Waals surface area (Å²) in [5.74, 6) is -1.45.